The number of Topliss-reactive ketones (excluding diaryl/α,β-unsaturated/α-hetero) is 1. The highest BCUT2D eigenvalue weighted by atomic mass is 32.2. The molecule has 1 N–H and O–H groups in total. The summed E-state index contributed by atoms with van der Waals surface area (Å²) >= 11 is 1.23. The maximum absolute atomic E-state index is 15.3. The van der Waals surface area contributed by atoms with E-state index in [0.717, 1.165) is 12.1 Å². The van der Waals surface area contributed by atoms with Crippen molar-refractivity contribution in [1.29, 1.82) is 0 Å². The summed E-state index contributed by atoms with van der Waals surface area (Å²) in [7, 11) is -4.13. The smallest absolute Gasteiger partial charge is 0.430 e. The molecule has 2 aromatic heterocycles. The molecule has 2 saturated heterocycles. The zero-order valence-electron chi connectivity index (χ0n) is 38.6. The molecule has 2 saturated carbocycles. The Morgan fingerprint density at radius 2 is 1.77 bits per heavy atom. The Labute approximate surface area is 404 Å². The van der Waals surface area contributed by atoms with Gasteiger partial charge >= 0.3 is 18.3 Å². The first-order chi connectivity index (χ1) is 33.0. The Morgan fingerprint density at radius 3 is 2.40 bits per heavy atom. The third kappa shape index (κ3) is 10.8. The van der Waals surface area contributed by atoms with E-state index >= 15 is 4.79 Å². The van der Waals surface area contributed by atoms with Crippen molar-refractivity contribution in [3.05, 3.63) is 65.7 Å². The van der Waals surface area contributed by atoms with Gasteiger partial charge in [-0.15, -0.1) is 11.3 Å². The van der Waals surface area contributed by atoms with Crippen molar-refractivity contribution in [1.82, 2.24) is 19.6 Å². The number of nitrogens with one attached hydrogen (secondary N) is 1. The first-order valence-electron chi connectivity index (χ1n) is 23.3. The number of carbonyl (C=O) groups is 4. The molecule has 5 heterocycles. The lowest BCUT2D eigenvalue weighted by atomic mass is 9.90. The van der Waals surface area contributed by atoms with E-state index in [-0.39, 0.29) is 50.3 Å². The van der Waals surface area contributed by atoms with E-state index in [1.807, 2.05) is 6.08 Å². The minimum absolute atomic E-state index is 0.0317. The molecule has 0 spiro atoms. The van der Waals surface area contributed by atoms with Crippen LogP contribution < -0.4 is 9.46 Å². The van der Waals surface area contributed by atoms with Gasteiger partial charge in [0.15, 0.2) is 5.78 Å². The number of hydrogen-bond acceptors (Lipinski definition) is 13. The van der Waals surface area contributed by atoms with Crippen LogP contribution in [-0.2, 0) is 49.6 Å². The van der Waals surface area contributed by atoms with Gasteiger partial charge in [0.2, 0.25) is 27.4 Å². The summed E-state index contributed by atoms with van der Waals surface area (Å²) in [4.78, 5) is 68.4. The van der Waals surface area contributed by atoms with Crippen molar-refractivity contribution in [2.24, 2.45) is 17.3 Å². The summed E-state index contributed by atoms with van der Waals surface area (Å²) < 4.78 is 135. The average Bonchev–Trinajstić information content (AvgIpc) is 4.06. The van der Waals surface area contributed by atoms with Crippen LogP contribution in [0.15, 0.2) is 60.1 Å². The largest absolute Gasteiger partial charge is 0.488 e. The van der Waals surface area contributed by atoms with Crippen LogP contribution in [0, 0.1) is 17.3 Å². The predicted molar refractivity (Wildman–Crippen MR) is 241 cm³/mol. The number of ketones is 1. The number of thiazole rings is 1. The van der Waals surface area contributed by atoms with Crippen LogP contribution in [0.4, 0.5) is 26.3 Å². The number of allylic oxidation sites excluding steroid dienone is 2. The first-order valence-corrected chi connectivity index (χ1v) is 25.7. The van der Waals surface area contributed by atoms with E-state index in [9.17, 15) is 49.1 Å². The fraction of sp³-hybridized carbons (Fsp3) is 0.583. The number of benzene rings is 1. The predicted octanol–water partition coefficient (Wildman–Crippen LogP) is 8.40. The lowest BCUT2D eigenvalue weighted by Gasteiger charge is -2.38. The Kier molecular flexibility index (Phi) is 14.4. The Hall–Kier alpha value is -4.93. The molecular formula is C48H54F6N4O10S2. The van der Waals surface area contributed by atoms with Crippen molar-refractivity contribution in [3.63, 3.8) is 0 Å². The minimum Gasteiger partial charge on any atom is -0.488 e. The number of aromatic nitrogens is 2. The van der Waals surface area contributed by atoms with Gasteiger partial charge in [-0.3, -0.25) is 23.9 Å². The number of fused-ring (bicyclic) bond motifs is 2. The first kappa shape index (κ1) is 51.4. The van der Waals surface area contributed by atoms with E-state index < -0.39 is 129 Å². The van der Waals surface area contributed by atoms with Crippen LogP contribution in [0.1, 0.15) is 97.0 Å². The fourth-order valence-corrected chi connectivity index (χ4v) is 11.5. The second-order valence-corrected chi connectivity index (χ2v) is 22.4. The number of alkyl halides is 6. The lowest BCUT2D eigenvalue weighted by molar-refractivity contribution is -0.295. The number of rotatable bonds is 11. The summed E-state index contributed by atoms with van der Waals surface area (Å²) in [5.41, 5.74) is -4.53. The van der Waals surface area contributed by atoms with Crippen molar-refractivity contribution < 1.29 is 72.9 Å². The molecule has 4 fully saturated rings. The SMILES string of the molecule is CC[C@@H]1O[C@H](C)CC/C=C\[C@@H]2C[C@@]2(C(=O)NS(=O)(=O)C2(C)CC2)CC(=O)[C@@H]2C[C@@H](Oc3cc(-c4ccc(C(F)(F)F)cc4)nc(-c4nccs4)c3)CN2C(=O)[C@H]1CC(=O)OC1(C(F)(F)F)CCCOC1. The van der Waals surface area contributed by atoms with Gasteiger partial charge in [0, 0.05) is 55.1 Å². The molecule has 1 unspecified atom stereocenters. The van der Waals surface area contributed by atoms with E-state index in [1.54, 1.807) is 31.4 Å². The number of ether oxygens (including phenoxy) is 4. The number of carbonyl (C=O) groups excluding carboxylic acids is 4. The van der Waals surface area contributed by atoms with E-state index in [1.165, 1.54) is 47.6 Å². The van der Waals surface area contributed by atoms with Gasteiger partial charge in [-0.05, 0) is 76.8 Å². The van der Waals surface area contributed by atoms with E-state index in [0.29, 0.717) is 41.9 Å². The standard InChI is InChI=1S/C48H54F6N4O10S2/c1-4-39-34(23-40(60)68-46(48(52,53)54)14-7-18-65-27-46)42(61)58-26-33(67-32-20-35(56-36(21-32)41-55-17-19-69-41)29-10-12-30(13-11-29)47(49,50)51)22-37(58)38(59)25-45(24-31(45)9-6-5-8-28(2)66-39)43(62)57-70(63,64)44(3)15-16-44/h6,9-13,17,19-21,28,31,33-34,37,39H,4-5,7-8,14-16,18,22-27H2,1-3H3,(H,57,62)/b9-6-/t28-,31-,33-,34+,37+,39+,45-,46?/m1/s1. The van der Waals surface area contributed by atoms with Crippen molar-refractivity contribution in [3.8, 4) is 27.7 Å². The highest BCUT2D eigenvalue weighted by molar-refractivity contribution is 7.91. The van der Waals surface area contributed by atoms with Crippen LogP contribution in [0.2, 0.25) is 0 Å². The highest BCUT2D eigenvalue weighted by Crippen LogP contribution is 2.58. The molecule has 22 heteroatoms. The van der Waals surface area contributed by atoms with Crippen LogP contribution in [0.25, 0.3) is 22.0 Å². The molecule has 3 aromatic rings. The van der Waals surface area contributed by atoms with E-state index in [2.05, 4.69) is 14.7 Å². The summed E-state index contributed by atoms with van der Waals surface area (Å²) in [5, 5.41) is 2.14. The Bertz CT molecular complexity index is 2580. The third-order valence-electron chi connectivity index (χ3n) is 14.2. The van der Waals surface area contributed by atoms with Crippen LogP contribution >= 0.6 is 11.3 Å². The number of hydrogen-bond donors (Lipinski definition) is 1. The van der Waals surface area contributed by atoms with Gasteiger partial charge in [-0.1, -0.05) is 31.2 Å². The number of esters is 1. The zero-order valence-corrected chi connectivity index (χ0v) is 40.3. The summed E-state index contributed by atoms with van der Waals surface area (Å²) in [6.07, 6.45) is -7.52. The summed E-state index contributed by atoms with van der Waals surface area (Å²) in [6, 6.07) is 5.99. The molecule has 5 aliphatic rings. The van der Waals surface area contributed by atoms with Crippen molar-refractivity contribution in [2.45, 2.75) is 138 Å². The number of nitrogens with zero attached hydrogens (tertiary/aromatic N) is 3. The van der Waals surface area contributed by atoms with E-state index in [4.69, 9.17) is 18.9 Å². The molecule has 0 bridgehead atoms. The number of amides is 2. The van der Waals surface area contributed by atoms with Gasteiger partial charge < -0.3 is 23.8 Å². The highest BCUT2D eigenvalue weighted by Gasteiger charge is 2.63. The third-order valence-corrected chi connectivity index (χ3v) is 17.1. The zero-order chi connectivity index (χ0) is 50.4. The molecule has 14 nitrogen and oxygen atoms in total. The topological polar surface area (TPSA) is 180 Å². The average molecular weight is 1030 g/mol. The molecular weight excluding hydrogens is 971 g/mol. The molecule has 8 rings (SSSR count). The van der Waals surface area contributed by atoms with Crippen molar-refractivity contribution >= 4 is 44.9 Å². The normalized spacial score (nSPS) is 30.0. The molecule has 70 heavy (non-hydrogen) atoms. The lowest BCUT2D eigenvalue weighted by Crippen LogP contribution is -2.55. The van der Waals surface area contributed by atoms with Crippen molar-refractivity contribution in [2.75, 3.05) is 19.8 Å². The second-order valence-electron chi connectivity index (χ2n) is 19.3. The molecule has 0 radical (unpaired) electrons. The fourth-order valence-electron chi connectivity index (χ4n) is 9.58. The maximum atomic E-state index is 15.3. The molecule has 380 valence electrons. The molecule has 8 atom stereocenters. The maximum Gasteiger partial charge on any atom is 0.430 e. The summed E-state index contributed by atoms with van der Waals surface area (Å²) in [5.74, 6) is -5.53. The molecule has 2 amide bonds. The second kappa shape index (κ2) is 19.6. The van der Waals surface area contributed by atoms with Gasteiger partial charge in [0.05, 0.1) is 65.2 Å². The summed E-state index contributed by atoms with van der Waals surface area (Å²) in [6.45, 7) is 3.73. The minimum atomic E-state index is -5.01. The van der Waals surface area contributed by atoms with Gasteiger partial charge in [-0.25, -0.2) is 18.4 Å². The van der Waals surface area contributed by atoms with Crippen LogP contribution in [0.5, 0.6) is 5.75 Å². The molecule has 1 aromatic carbocycles. The van der Waals surface area contributed by atoms with Crippen LogP contribution in [-0.4, -0.2) is 107 Å². The number of sulfonamides is 1. The molecule has 3 aliphatic heterocycles. The van der Waals surface area contributed by atoms with Gasteiger partial charge in [0.1, 0.15) is 22.6 Å². The Morgan fingerprint density at radius 1 is 1.04 bits per heavy atom. The van der Waals surface area contributed by atoms with Gasteiger partial charge in [-0.2, -0.15) is 26.3 Å². The number of halogens is 6. The number of pyridine rings is 1. The molecule has 2 aliphatic carbocycles. The van der Waals surface area contributed by atoms with Crippen LogP contribution in [0.3, 0.4) is 0 Å². The quantitative estimate of drug-likeness (QED) is 0.110. The van der Waals surface area contributed by atoms with Gasteiger partial charge in [0.25, 0.3) is 0 Å². The monoisotopic (exact) mass is 1020 g/mol. The Balaban J connectivity index is 1.15.